The fourth-order valence-electron chi connectivity index (χ4n) is 2.70. The molecule has 100 valence electrons. The quantitative estimate of drug-likeness (QED) is 0.865. The molecule has 2 rings (SSSR count). The monoisotopic (exact) mass is 249 g/mol. The fourth-order valence-corrected chi connectivity index (χ4v) is 2.70. The Balaban J connectivity index is 2.23. The summed E-state index contributed by atoms with van der Waals surface area (Å²) in [4.78, 5) is 0. The first-order valence-corrected chi connectivity index (χ1v) is 6.70. The number of methoxy groups -OCH3 is 1. The first-order valence-electron chi connectivity index (χ1n) is 6.70. The van der Waals surface area contributed by atoms with Gasteiger partial charge in [-0.3, -0.25) is 0 Å². The molecule has 0 radical (unpaired) electrons. The average Bonchev–Trinajstić information content (AvgIpc) is 2.40. The Labute approximate surface area is 109 Å². The van der Waals surface area contributed by atoms with Gasteiger partial charge in [0.25, 0.3) is 0 Å². The first kappa shape index (κ1) is 13.2. The van der Waals surface area contributed by atoms with Gasteiger partial charge in [-0.25, -0.2) is 0 Å². The Hall–Kier alpha value is -1.22. The van der Waals surface area contributed by atoms with Gasteiger partial charge in [0, 0.05) is 0 Å². The summed E-state index contributed by atoms with van der Waals surface area (Å²) in [6.07, 6.45) is 3.33. The van der Waals surface area contributed by atoms with E-state index in [1.165, 1.54) is 12.8 Å². The van der Waals surface area contributed by atoms with Crippen LogP contribution in [-0.2, 0) is 6.42 Å². The SMILES string of the molecule is COc1cc(CC2CCNCC2)c(O)c(C)c1C. The standard InChI is InChI=1S/C15H23NO2/c1-10-11(2)15(17)13(9-14(10)18-3)8-12-4-6-16-7-5-12/h9,12,16-17H,4-8H2,1-3H3. The van der Waals surface area contributed by atoms with Crippen molar-refractivity contribution in [2.45, 2.75) is 33.1 Å². The number of rotatable bonds is 3. The van der Waals surface area contributed by atoms with Crippen molar-refractivity contribution in [2.24, 2.45) is 5.92 Å². The highest BCUT2D eigenvalue weighted by atomic mass is 16.5. The molecule has 18 heavy (non-hydrogen) atoms. The summed E-state index contributed by atoms with van der Waals surface area (Å²) in [7, 11) is 1.69. The number of aromatic hydroxyl groups is 1. The topological polar surface area (TPSA) is 41.5 Å². The molecule has 0 atom stereocenters. The summed E-state index contributed by atoms with van der Waals surface area (Å²) in [6, 6.07) is 2.00. The number of phenolic OH excluding ortho intramolecular Hbond substituents is 1. The van der Waals surface area contributed by atoms with Crippen LogP contribution in [0, 0.1) is 19.8 Å². The first-order chi connectivity index (χ1) is 8.63. The van der Waals surface area contributed by atoms with Gasteiger partial charge in [0.2, 0.25) is 0 Å². The lowest BCUT2D eigenvalue weighted by atomic mass is 9.89. The lowest BCUT2D eigenvalue weighted by Crippen LogP contribution is -2.28. The highest BCUT2D eigenvalue weighted by Gasteiger charge is 2.18. The van der Waals surface area contributed by atoms with Crippen molar-refractivity contribution in [3.8, 4) is 11.5 Å². The van der Waals surface area contributed by atoms with E-state index in [0.717, 1.165) is 42.0 Å². The summed E-state index contributed by atoms with van der Waals surface area (Å²) in [6.45, 7) is 6.13. The van der Waals surface area contributed by atoms with Crippen LogP contribution in [0.15, 0.2) is 6.07 Å². The van der Waals surface area contributed by atoms with Gasteiger partial charge in [0.1, 0.15) is 11.5 Å². The summed E-state index contributed by atoms with van der Waals surface area (Å²) in [5.41, 5.74) is 3.00. The summed E-state index contributed by atoms with van der Waals surface area (Å²) in [5, 5.41) is 13.6. The van der Waals surface area contributed by atoms with Crippen LogP contribution < -0.4 is 10.1 Å². The molecule has 1 aromatic rings. The van der Waals surface area contributed by atoms with Crippen LogP contribution in [0.5, 0.6) is 11.5 Å². The van der Waals surface area contributed by atoms with E-state index in [9.17, 15) is 5.11 Å². The molecule has 3 nitrogen and oxygen atoms in total. The van der Waals surface area contributed by atoms with Crippen LogP contribution in [0.4, 0.5) is 0 Å². The molecule has 0 spiro atoms. The molecular formula is C15H23NO2. The van der Waals surface area contributed by atoms with Gasteiger partial charge in [-0.1, -0.05) is 0 Å². The molecule has 2 N–H and O–H groups in total. The predicted molar refractivity (Wildman–Crippen MR) is 73.4 cm³/mol. The van der Waals surface area contributed by atoms with Gasteiger partial charge in [-0.05, 0) is 74.9 Å². The molecule has 3 heteroatoms. The van der Waals surface area contributed by atoms with Gasteiger partial charge in [-0.15, -0.1) is 0 Å². The van der Waals surface area contributed by atoms with Gasteiger partial charge < -0.3 is 15.2 Å². The number of nitrogens with one attached hydrogen (secondary N) is 1. The van der Waals surface area contributed by atoms with Crippen molar-refractivity contribution in [2.75, 3.05) is 20.2 Å². The number of hydrogen-bond donors (Lipinski definition) is 2. The minimum atomic E-state index is 0.451. The van der Waals surface area contributed by atoms with Crippen LogP contribution in [0.25, 0.3) is 0 Å². The number of piperidine rings is 1. The molecule has 1 aliphatic heterocycles. The van der Waals surface area contributed by atoms with Crippen molar-refractivity contribution < 1.29 is 9.84 Å². The smallest absolute Gasteiger partial charge is 0.122 e. The molecule has 0 bridgehead atoms. The minimum Gasteiger partial charge on any atom is -0.507 e. The zero-order chi connectivity index (χ0) is 13.1. The number of phenols is 1. The molecule has 1 aliphatic rings. The van der Waals surface area contributed by atoms with Crippen LogP contribution in [0.2, 0.25) is 0 Å². The molecule has 1 heterocycles. The normalized spacial score (nSPS) is 16.8. The predicted octanol–water partition coefficient (Wildman–Crippen LogP) is 2.56. The molecule has 0 aromatic heterocycles. The molecule has 1 fully saturated rings. The van der Waals surface area contributed by atoms with Crippen molar-refractivity contribution >= 4 is 0 Å². The number of ether oxygens (including phenoxy) is 1. The van der Waals surface area contributed by atoms with E-state index >= 15 is 0 Å². The molecular weight excluding hydrogens is 226 g/mol. The molecule has 1 aromatic carbocycles. The molecule has 0 amide bonds. The van der Waals surface area contributed by atoms with Crippen LogP contribution in [-0.4, -0.2) is 25.3 Å². The summed E-state index contributed by atoms with van der Waals surface area (Å²) < 4.78 is 5.39. The Morgan fingerprint density at radius 3 is 2.56 bits per heavy atom. The Morgan fingerprint density at radius 1 is 1.28 bits per heavy atom. The summed E-state index contributed by atoms with van der Waals surface area (Å²) >= 11 is 0. The lowest BCUT2D eigenvalue weighted by molar-refractivity contribution is 0.363. The van der Waals surface area contributed by atoms with E-state index in [2.05, 4.69) is 5.32 Å². The summed E-state index contributed by atoms with van der Waals surface area (Å²) in [5.74, 6) is 2.00. The Bertz CT molecular complexity index is 423. The van der Waals surface area contributed by atoms with Crippen molar-refractivity contribution in [1.82, 2.24) is 5.32 Å². The van der Waals surface area contributed by atoms with E-state index in [4.69, 9.17) is 4.74 Å². The fraction of sp³-hybridized carbons (Fsp3) is 0.600. The highest BCUT2D eigenvalue weighted by molar-refractivity contribution is 5.51. The second kappa shape index (κ2) is 5.61. The van der Waals surface area contributed by atoms with Crippen LogP contribution in [0.3, 0.4) is 0 Å². The maximum atomic E-state index is 10.3. The van der Waals surface area contributed by atoms with Gasteiger partial charge in [0.05, 0.1) is 7.11 Å². The molecule has 0 saturated carbocycles. The minimum absolute atomic E-state index is 0.451. The van der Waals surface area contributed by atoms with Gasteiger partial charge >= 0.3 is 0 Å². The third-order valence-electron chi connectivity index (χ3n) is 4.08. The maximum Gasteiger partial charge on any atom is 0.122 e. The third kappa shape index (κ3) is 2.61. The van der Waals surface area contributed by atoms with Crippen LogP contribution in [0.1, 0.15) is 29.5 Å². The average molecular weight is 249 g/mol. The van der Waals surface area contributed by atoms with Crippen molar-refractivity contribution in [3.05, 3.63) is 22.8 Å². The second-order valence-electron chi connectivity index (χ2n) is 5.23. The zero-order valence-electron chi connectivity index (χ0n) is 11.5. The largest absolute Gasteiger partial charge is 0.507 e. The molecule has 1 saturated heterocycles. The van der Waals surface area contributed by atoms with Gasteiger partial charge in [0.15, 0.2) is 0 Å². The van der Waals surface area contributed by atoms with E-state index in [1.54, 1.807) is 7.11 Å². The van der Waals surface area contributed by atoms with Crippen molar-refractivity contribution in [1.29, 1.82) is 0 Å². The molecule has 0 aliphatic carbocycles. The van der Waals surface area contributed by atoms with Gasteiger partial charge in [-0.2, -0.15) is 0 Å². The van der Waals surface area contributed by atoms with E-state index in [-0.39, 0.29) is 0 Å². The Kier molecular flexibility index (Phi) is 4.12. The maximum absolute atomic E-state index is 10.3. The second-order valence-corrected chi connectivity index (χ2v) is 5.23. The highest BCUT2D eigenvalue weighted by Crippen LogP contribution is 2.34. The number of hydrogen-bond acceptors (Lipinski definition) is 3. The number of benzene rings is 1. The zero-order valence-corrected chi connectivity index (χ0v) is 11.5. The molecule has 0 unspecified atom stereocenters. The van der Waals surface area contributed by atoms with E-state index in [0.29, 0.717) is 11.7 Å². The lowest BCUT2D eigenvalue weighted by Gasteiger charge is -2.24. The van der Waals surface area contributed by atoms with E-state index < -0.39 is 0 Å². The van der Waals surface area contributed by atoms with E-state index in [1.807, 2.05) is 19.9 Å². The Morgan fingerprint density at radius 2 is 1.94 bits per heavy atom. The van der Waals surface area contributed by atoms with Crippen LogP contribution >= 0.6 is 0 Å². The third-order valence-corrected chi connectivity index (χ3v) is 4.08. The van der Waals surface area contributed by atoms with Crippen molar-refractivity contribution in [3.63, 3.8) is 0 Å².